The number of allylic oxidation sites excluding steroid dienone is 1. The van der Waals surface area contributed by atoms with Gasteiger partial charge in [-0.25, -0.2) is 4.79 Å². The maximum absolute atomic E-state index is 10.5. The quantitative estimate of drug-likeness (QED) is 0.741. The van der Waals surface area contributed by atoms with Crippen LogP contribution in [0.1, 0.15) is 32.1 Å². The first-order valence-electron chi connectivity index (χ1n) is 6.29. The number of ether oxygens (including phenoxy) is 1. The van der Waals surface area contributed by atoms with Crippen molar-refractivity contribution in [1.82, 2.24) is 0 Å². The second-order valence-corrected chi connectivity index (χ2v) is 4.60. The van der Waals surface area contributed by atoms with Gasteiger partial charge in [-0.15, -0.1) is 0 Å². The molecule has 2 nitrogen and oxygen atoms in total. The molecule has 1 aliphatic rings. The predicted octanol–water partition coefficient (Wildman–Crippen LogP) is 3.40. The fraction of sp³-hybridized carbons (Fsp3) is 0.467. The number of hydrogen-bond donors (Lipinski definition) is 0. The standard InChI is InChI=1S/C15H18O2/c16-12-14-8-6-13(7-9-14)10-11-17-15-4-2-1-3-5-15/h1-5,13H,6-11H2. The molecule has 0 saturated heterocycles. The molecule has 2 heteroatoms. The van der Waals surface area contributed by atoms with Gasteiger partial charge < -0.3 is 4.74 Å². The molecule has 2 rings (SSSR count). The summed E-state index contributed by atoms with van der Waals surface area (Å²) in [6, 6.07) is 9.91. The van der Waals surface area contributed by atoms with Crippen molar-refractivity contribution >= 4 is 5.94 Å². The SMILES string of the molecule is O=C=C1CCC(CCOc2ccccc2)CC1. The van der Waals surface area contributed by atoms with E-state index in [0.717, 1.165) is 50.0 Å². The van der Waals surface area contributed by atoms with Gasteiger partial charge in [0.2, 0.25) is 0 Å². The van der Waals surface area contributed by atoms with E-state index in [4.69, 9.17) is 4.74 Å². The Labute approximate surface area is 102 Å². The van der Waals surface area contributed by atoms with Gasteiger partial charge in [-0.05, 0) is 50.2 Å². The number of hydrogen-bond acceptors (Lipinski definition) is 2. The molecule has 1 aromatic rings. The highest BCUT2D eigenvalue weighted by Gasteiger charge is 2.16. The van der Waals surface area contributed by atoms with Gasteiger partial charge in [0, 0.05) is 5.57 Å². The Morgan fingerprint density at radius 1 is 1.18 bits per heavy atom. The average molecular weight is 230 g/mol. The Bertz CT molecular complexity index is 381. The summed E-state index contributed by atoms with van der Waals surface area (Å²) in [5.41, 5.74) is 0.963. The van der Waals surface area contributed by atoms with Crippen LogP contribution in [0, 0.1) is 5.92 Å². The van der Waals surface area contributed by atoms with E-state index in [2.05, 4.69) is 0 Å². The first-order chi connectivity index (χ1) is 8.38. The van der Waals surface area contributed by atoms with Crippen LogP contribution in [0.4, 0.5) is 0 Å². The second kappa shape index (κ2) is 6.27. The first-order valence-corrected chi connectivity index (χ1v) is 6.29. The zero-order valence-electron chi connectivity index (χ0n) is 10.0. The molecule has 90 valence electrons. The minimum atomic E-state index is 0.704. The van der Waals surface area contributed by atoms with Gasteiger partial charge in [0.1, 0.15) is 11.7 Å². The Kier molecular flexibility index (Phi) is 4.40. The highest BCUT2D eigenvalue weighted by atomic mass is 16.5. The van der Waals surface area contributed by atoms with E-state index >= 15 is 0 Å². The van der Waals surface area contributed by atoms with Crippen molar-refractivity contribution in [2.75, 3.05) is 6.61 Å². The first kappa shape index (κ1) is 11.9. The van der Waals surface area contributed by atoms with Crippen LogP contribution < -0.4 is 4.74 Å². The maximum atomic E-state index is 10.5. The summed E-state index contributed by atoms with van der Waals surface area (Å²) in [7, 11) is 0. The van der Waals surface area contributed by atoms with Gasteiger partial charge in [-0.3, -0.25) is 0 Å². The molecule has 0 unspecified atom stereocenters. The number of rotatable bonds is 4. The minimum absolute atomic E-state index is 0.704. The van der Waals surface area contributed by atoms with Gasteiger partial charge in [-0.2, -0.15) is 0 Å². The summed E-state index contributed by atoms with van der Waals surface area (Å²) < 4.78 is 5.68. The Morgan fingerprint density at radius 3 is 2.53 bits per heavy atom. The van der Waals surface area contributed by atoms with Gasteiger partial charge in [-0.1, -0.05) is 18.2 Å². The third-order valence-corrected chi connectivity index (χ3v) is 3.39. The van der Waals surface area contributed by atoms with Gasteiger partial charge >= 0.3 is 0 Å². The zero-order chi connectivity index (χ0) is 11.9. The van der Waals surface area contributed by atoms with Crippen molar-refractivity contribution in [2.24, 2.45) is 5.92 Å². The lowest BCUT2D eigenvalue weighted by Gasteiger charge is -2.22. The smallest absolute Gasteiger partial charge is 0.123 e. The summed E-state index contributed by atoms with van der Waals surface area (Å²) in [6.45, 7) is 0.773. The van der Waals surface area contributed by atoms with E-state index in [1.807, 2.05) is 36.3 Å². The molecule has 1 aliphatic carbocycles. The molecular weight excluding hydrogens is 212 g/mol. The van der Waals surface area contributed by atoms with Crippen LogP contribution in [0.5, 0.6) is 5.75 Å². The number of para-hydroxylation sites is 1. The van der Waals surface area contributed by atoms with Gasteiger partial charge in [0.25, 0.3) is 0 Å². The van der Waals surface area contributed by atoms with E-state index < -0.39 is 0 Å². The van der Waals surface area contributed by atoms with Crippen LogP contribution in [-0.4, -0.2) is 12.5 Å². The van der Waals surface area contributed by atoms with E-state index in [0.29, 0.717) is 5.92 Å². The third-order valence-electron chi connectivity index (χ3n) is 3.39. The molecule has 1 aromatic carbocycles. The van der Waals surface area contributed by atoms with E-state index in [9.17, 15) is 4.79 Å². The highest BCUT2D eigenvalue weighted by Crippen LogP contribution is 2.28. The summed E-state index contributed by atoms with van der Waals surface area (Å²) in [5, 5.41) is 0. The van der Waals surface area contributed by atoms with Crippen molar-refractivity contribution < 1.29 is 9.53 Å². The van der Waals surface area contributed by atoms with E-state index in [1.165, 1.54) is 0 Å². The van der Waals surface area contributed by atoms with Crippen molar-refractivity contribution in [3.05, 3.63) is 35.9 Å². The summed E-state index contributed by atoms with van der Waals surface area (Å²) in [4.78, 5) is 10.5. The summed E-state index contributed by atoms with van der Waals surface area (Å²) in [6.07, 6.45) is 5.17. The fourth-order valence-corrected chi connectivity index (χ4v) is 2.28. The lowest BCUT2D eigenvalue weighted by atomic mass is 9.85. The summed E-state index contributed by atoms with van der Waals surface area (Å²) in [5.74, 6) is 3.69. The number of carbonyl (C=O) groups excluding carboxylic acids is 1. The van der Waals surface area contributed by atoms with Crippen molar-refractivity contribution in [3.63, 3.8) is 0 Å². The molecule has 0 aliphatic heterocycles. The predicted molar refractivity (Wildman–Crippen MR) is 67.7 cm³/mol. The lowest BCUT2D eigenvalue weighted by Crippen LogP contribution is -2.12. The normalized spacial score (nSPS) is 19.8. The molecule has 0 N–H and O–H groups in total. The third kappa shape index (κ3) is 3.76. The Morgan fingerprint density at radius 2 is 1.88 bits per heavy atom. The second-order valence-electron chi connectivity index (χ2n) is 4.60. The van der Waals surface area contributed by atoms with Gasteiger partial charge in [0.15, 0.2) is 0 Å². The molecule has 0 bridgehead atoms. The molecule has 1 fully saturated rings. The maximum Gasteiger partial charge on any atom is 0.123 e. The van der Waals surface area contributed by atoms with Crippen molar-refractivity contribution in [1.29, 1.82) is 0 Å². The molecular formula is C15H18O2. The fourth-order valence-electron chi connectivity index (χ4n) is 2.28. The van der Waals surface area contributed by atoms with Crippen LogP contribution in [0.2, 0.25) is 0 Å². The van der Waals surface area contributed by atoms with Crippen molar-refractivity contribution in [2.45, 2.75) is 32.1 Å². The van der Waals surface area contributed by atoms with Crippen LogP contribution in [0.3, 0.4) is 0 Å². The topological polar surface area (TPSA) is 26.3 Å². The molecule has 0 amide bonds. The average Bonchev–Trinajstić information content (AvgIpc) is 2.41. The zero-order valence-corrected chi connectivity index (χ0v) is 10.0. The number of benzene rings is 1. The largest absolute Gasteiger partial charge is 0.494 e. The molecule has 0 heterocycles. The molecule has 0 radical (unpaired) electrons. The van der Waals surface area contributed by atoms with Crippen molar-refractivity contribution in [3.8, 4) is 5.75 Å². The van der Waals surface area contributed by atoms with E-state index in [1.54, 1.807) is 0 Å². The van der Waals surface area contributed by atoms with Crippen LogP contribution >= 0.6 is 0 Å². The summed E-state index contributed by atoms with van der Waals surface area (Å²) >= 11 is 0. The Balaban J connectivity index is 1.68. The molecule has 0 atom stereocenters. The Hall–Kier alpha value is -1.53. The lowest BCUT2D eigenvalue weighted by molar-refractivity contribution is 0.258. The highest BCUT2D eigenvalue weighted by molar-refractivity contribution is 5.52. The molecule has 0 aromatic heterocycles. The monoisotopic (exact) mass is 230 g/mol. The van der Waals surface area contributed by atoms with Crippen LogP contribution in [0.15, 0.2) is 35.9 Å². The van der Waals surface area contributed by atoms with E-state index in [-0.39, 0.29) is 0 Å². The van der Waals surface area contributed by atoms with Gasteiger partial charge in [0.05, 0.1) is 6.61 Å². The van der Waals surface area contributed by atoms with Crippen LogP contribution in [0.25, 0.3) is 0 Å². The molecule has 0 spiro atoms. The minimum Gasteiger partial charge on any atom is -0.494 e. The van der Waals surface area contributed by atoms with Crippen LogP contribution in [-0.2, 0) is 4.79 Å². The molecule has 1 saturated carbocycles. The molecule has 17 heavy (non-hydrogen) atoms.